The highest BCUT2D eigenvalue weighted by Gasteiger charge is 2.33. The molecule has 1 aromatic rings. The molecule has 1 aromatic heterocycles. The third kappa shape index (κ3) is 3.00. The van der Waals surface area contributed by atoms with Gasteiger partial charge in [0.1, 0.15) is 5.82 Å². The topological polar surface area (TPSA) is 41.9 Å². The Balaban J connectivity index is 1.55. The van der Waals surface area contributed by atoms with Crippen molar-refractivity contribution < 1.29 is 0 Å². The fourth-order valence-corrected chi connectivity index (χ4v) is 3.76. The zero-order valence-corrected chi connectivity index (χ0v) is 11.9. The van der Waals surface area contributed by atoms with Crippen molar-refractivity contribution in [2.75, 3.05) is 6.54 Å². The van der Waals surface area contributed by atoms with E-state index in [-0.39, 0.29) is 0 Å². The summed E-state index contributed by atoms with van der Waals surface area (Å²) in [6.07, 6.45) is 12.1. The minimum Gasteiger partial charge on any atom is -0.337 e. The van der Waals surface area contributed by atoms with Gasteiger partial charge in [-0.15, -0.1) is 0 Å². The van der Waals surface area contributed by atoms with Crippen LogP contribution in [0.3, 0.4) is 0 Å². The minimum atomic E-state index is 0.673. The molecule has 2 fully saturated rings. The summed E-state index contributed by atoms with van der Waals surface area (Å²) in [5.74, 6) is 1.96. The highest BCUT2D eigenvalue weighted by Crippen LogP contribution is 2.31. The van der Waals surface area contributed by atoms with Gasteiger partial charge in [0, 0.05) is 31.5 Å². The lowest BCUT2D eigenvalue weighted by Gasteiger charge is -2.33. The maximum absolute atomic E-state index is 4.40. The van der Waals surface area contributed by atoms with Crippen molar-refractivity contribution in [2.45, 2.75) is 57.2 Å². The number of hydrogen-bond donors (Lipinski definition) is 2. The standard InChI is InChI=1S/C15H26N4/c1-19-10-9-17-15(19)11-18-14-7-4-5-12(14)13-6-2-3-8-16-13/h9-10,12-14,16,18H,2-8,11H2,1H3. The highest BCUT2D eigenvalue weighted by atomic mass is 15.1. The molecule has 0 amide bonds. The van der Waals surface area contributed by atoms with Gasteiger partial charge in [-0.1, -0.05) is 12.8 Å². The Morgan fingerprint density at radius 2 is 2.26 bits per heavy atom. The molecule has 1 aliphatic heterocycles. The zero-order valence-electron chi connectivity index (χ0n) is 11.9. The van der Waals surface area contributed by atoms with Crippen LogP contribution in [-0.4, -0.2) is 28.2 Å². The summed E-state index contributed by atoms with van der Waals surface area (Å²) in [6.45, 7) is 2.12. The molecule has 4 heteroatoms. The van der Waals surface area contributed by atoms with Crippen LogP contribution in [0, 0.1) is 5.92 Å². The van der Waals surface area contributed by atoms with Crippen LogP contribution in [0.5, 0.6) is 0 Å². The molecule has 0 aromatic carbocycles. The van der Waals surface area contributed by atoms with E-state index in [1.54, 1.807) is 0 Å². The molecular weight excluding hydrogens is 236 g/mol. The van der Waals surface area contributed by atoms with Crippen LogP contribution in [0.25, 0.3) is 0 Å². The molecule has 4 nitrogen and oxygen atoms in total. The first kappa shape index (κ1) is 13.1. The lowest BCUT2D eigenvalue weighted by Crippen LogP contribution is -2.46. The maximum atomic E-state index is 4.40. The van der Waals surface area contributed by atoms with Crippen molar-refractivity contribution in [3.63, 3.8) is 0 Å². The van der Waals surface area contributed by atoms with Gasteiger partial charge in [0.2, 0.25) is 0 Å². The monoisotopic (exact) mass is 262 g/mol. The van der Waals surface area contributed by atoms with Gasteiger partial charge in [-0.2, -0.15) is 0 Å². The fraction of sp³-hybridized carbons (Fsp3) is 0.800. The van der Waals surface area contributed by atoms with E-state index >= 15 is 0 Å². The van der Waals surface area contributed by atoms with E-state index in [4.69, 9.17) is 0 Å². The Labute approximate surface area is 116 Å². The molecule has 2 N–H and O–H groups in total. The first-order valence-corrected chi connectivity index (χ1v) is 7.77. The molecule has 2 heterocycles. The van der Waals surface area contributed by atoms with Crippen molar-refractivity contribution in [1.29, 1.82) is 0 Å². The third-order valence-corrected chi connectivity index (χ3v) is 4.88. The van der Waals surface area contributed by atoms with Crippen molar-refractivity contribution in [3.8, 4) is 0 Å². The number of aryl methyl sites for hydroxylation is 1. The van der Waals surface area contributed by atoms with Crippen molar-refractivity contribution >= 4 is 0 Å². The number of aromatic nitrogens is 2. The molecule has 106 valence electrons. The normalized spacial score (nSPS) is 31.7. The summed E-state index contributed by atoms with van der Waals surface area (Å²) in [5.41, 5.74) is 0. The number of nitrogens with zero attached hydrogens (tertiary/aromatic N) is 2. The molecule has 3 atom stereocenters. The second kappa shape index (κ2) is 6.06. The van der Waals surface area contributed by atoms with E-state index < -0.39 is 0 Å². The Hall–Kier alpha value is -0.870. The van der Waals surface area contributed by atoms with Crippen molar-refractivity contribution in [2.24, 2.45) is 13.0 Å². The Bertz CT molecular complexity index is 395. The van der Waals surface area contributed by atoms with Gasteiger partial charge in [0.25, 0.3) is 0 Å². The van der Waals surface area contributed by atoms with Gasteiger partial charge in [0.05, 0.1) is 6.54 Å². The van der Waals surface area contributed by atoms with Crippen LogP contribution in [0.15, 0.2) is 12.4 Å². The van der Waals surface area contributed by atoms with Crippen molar-refractivity contribution in [3.05, 3.63) is 18.2 Å². The summed E-state index contributed by atoms with van der Waals surface area (Å²) in [5, 5.41) is 7.48. The van der Waals surface area contributed by atoms with Gasteiger partial charge in [-0.25, -0.2) is 4.98 Å². The summed E-state index contributed by atoms with van der Waals surface area (Å²) >= 11 is 0. The SMILES string of the molecule is Cn1ccnc1CNC1CCCC1C1CCCCN1. The molecule has 2 aliphatic rings. The molecule has 3 rings (SSSR count). The second-order valence-corrected chi connectivity index (χ2v) is 6.09. The Morgan fingerprint density at radius 1 is 1.32 bits per heavy atom. The molecule has 0 spiro atoms. The molecule has 0 radical (unpaired) electrons. The molecule has 1 saturated carbocycles. The van der Waals surface area contributed by atoms with Gasteiger partial charge in [0.15, 0.2) is 0 Å². The Kier molecular flexibility index (Phi) is 4.18. The number of piperidine rings is 1. The predicted molar refractivity (Wildman–Crippen MR) is 76.8 cm³/mol. The molecular formula is C15H26N4. The lowest BCUT2D eigenvalue weighted by molar-refractivity contribution is 0.255. The summed E-state index contributed by atoms with van der Waals surface area (Å²) in [4.78, 5) is 4.40. The molecule has 3 unspecified atom stereocenters. The summed E-state index contributed by atoms with van der Waals surface area (Å²) in [6, 6.07) is 1.42. The van der Waals surface area contributed by atoms with Gasteiger partial charge >= 0.3 is 0 Å². The van der Waals surface area contributed by atoms with Crippen molar-refractivity contribution in [1.82, 2.24) is 20.2 Å². The number of imidazole rings is 1. The van der Waals surface area contributed by atoms with Crippen LogP contribution < -0.4 is 10.6 Å². The van der Waals surface area contributed by atoms with E-state index in [0.29, 0.717) is 6.04 Å². The average Bonchev–Trinajstić information content (AvgIpc) is 3.06. The van der Waals surface area contributed by atoms with Gasteiger partial charge in [-0.3, -0.25) is 0 Å². The Morgan fingerprint density at radius 3 is 3.00 bits per heavy atom. The van der Waals surface area contributed by atoms with E-state index in [0.717, 1.165) is 24.3 Å². The smallest absolute Gasteiger partial charge is 0.122 e. The predicted octanol–water partition coefficient (Wildman–Crippen LogP) is 1.82. The first-order chi connectivity index (χ1) is 9.34. The zero-order chi connectivity index (χ0) is 13.1. The minimum absolute atomic E-state index is 0.673. The van der Waals surface area contributed by atoms with Crippen LogP contribution in [0.2, 0.25) is 0 Å². The second-order valence-electron chi connectivity index (χ2n) is 6.09. The number of hydrogen-bond acceptors (Lipinski definition) is 3. The van der Waals surface area contributed by atoms with E-state index in [1.807, 2.05) is 12.4 Å². The van der Waals surface area contributed by atoms with Crippen LogP contribution >= 0.6 is 0 Å². The average molecular weight is 262 g/mol. The maximum Gasteiger partial charge on any atom is 0.122 e. The quantitative estimate of drug-likeness (QED) is 0.870. The number of rotatable bonds is 4. The van der Waals surface area contributed by atoms with Crippen LogP contribution in [0.4, 0.5) is 0 Å². The van der Waals surface area contributed by atoms with Crippen LogP contribution in [0.1, 0.15) is 44.3 Å². The van der Waals surface area contributed by atoms with E-state index in [2.05, 4.69) is 27.2 Å². The fourth-order valence-electron chi connectivity index (χ4n) is 3.76. The largest absolute Gasteiger partial charge is 0.337 e. The third-order valence-electron chi connectivity index (χ3n) is 4.88. The van der Waals surface area contributed by atoms with Gasteiger partial charge in [-0.05, 0) is 38.1 Å². The first-order valence-electron chi connectivity index (χ1n) is 7.77. The molecule has 0 bridgehead atoms. The molecule has 1 saturated heterocycles. The van der Waals surface area contributed by atoms with E-state index in [1.165, 1.54) is 45.1 Å². The summed E-state index contributed by atoms with van der Waals surface area (Å²) in [7, 11) is 2.07. The molecule has 19 heavy (non-hydrogen) atoms. The lowest BCUT2D eigenvalue weighted by atomic mass is 9.88. The van der Waals surface area contributed by atoms with E-state index in [9.17, 15) is 0 Å². The van der Waals surface area contributed by atoms with Crippen LogP contribution in [-0.2, 0) is 13.6 Å². The molecule has 1 aliphatic carbocycles. The summed E-state index contributed by atoms with van der Waals surface area (Å²) < 4.78 is 2.11. The van der Waals surface area contributed by atoms with Gasteiger partial charge < -0.3 is 15.2 Å². The highest BCUT2D eigenvalue weighted by molar-refractivity contribution is 4.95. The number of nitrogens with one attached hydrogen (secondary N) is 2.